The summed E-state index contributed by atoms with van der Waals surface area (Å²) >= 11 is 0. The molecule has 1 aromatic heterocycles. The number of alkyl halides is 1. The Bertz CT molecular complexity index is 1190. The zero-order valence-electron chi connectivity index (χ0n) is 20.4. The Balaban J connectivity index is 1.76. The van der Waals surface area contributed by atoms with Gasteiger partial charge < -0.3 is 19.1 Å². The summed E-state index contributed by atoms with van der Waals surface area (Å²) in [5.41, 5.74) is -1.51. The van der Waals surface area contributed by atoms with E-state index in [2.05, 4.69) is 5.09 Å². The van der Waals surface area contributed by atoms with E-state index in [1.807, 2.05) is 11.9 Å². The van der Waals surface area contributed by atoms with E-state index >= 15 is 0 Å². The highest BCUT2D eigenvalue weighted by Crippen LogP contribution is 2.46. The summed E-state index contributed by atoms with van der Waals surface area (Å²) in [7, 11) is -4.26. The van der Waals surface area contributed by atoms with Gasteiger partial charge in [0.05, 0.1) is 26.0 Å². The van der Waals surface area contributed by atoms with Gasteiger partial charge in [-0.3, -0.25) is 28.1 Å². The molecule has 0 bridgehead atoms. The molecule has 0 unspecified atom stereocenters. The molecule has 204 valence electrons. The van der Waals surface area contributed by atoms with Gasteiger partial charge in [-0.15, -0.1) is 0 Å². The average Bonchev–Trinajstić information content (AvgIpc) is 3.18. The van der Waals surface area contributed by atoms with E-state index in [4.69, 9.17) is 18.5 Å². The van der Waals surface area contributed by atoms with Gasteiger partial charge in [-0.1, -0.05) is 31.5 Å². The van der Waals surface area contributed by atoms with Gasteiger partial charge in [0.1, 0.15) is 17.9 Å². The number of halogens is 1. The summed E-state index contributed by atoms with van der Waals surface area (Å²) in [6.45, 7) is 2.01. The molecule has 1 fully saturated rings. The minimum Gasteiger partial charge on any atom is -0.465 e. The third kappa shape index (κ3) is 7.59. The Morgan fingerprint density at radius 1 is 1.30 bits per heavy atom. The van der Waals surface area contributed by atoms with Crippen molar-refractivity contribution in [1.29, 1.82) is 0 Å². The molecule has 1 saturated heterocycles. The van der Waals surface area contributed by atoms with E-state index in [-0.39, 0.29) is 12.4 Å². The van der Waals surface area contributed by atoms with Crippen LogP contribution in [0.25, 0.3) is 0 Å². The van der Waals surface area contributed by atoms with Crippen LogP contribution in [0.4, 0.5) is 4.39 Å². The minimum atomic E-state index is -4.26. The van der Waals surface area contributed by atoms with Crippen molar-refractivity contribution >= 4 is 13.7 Å². The van der Waals surface area contributed by atoms with Gasteiger partial charge in [-0.2, -0.15) is 5.09 Å². The molecule has 0 spiro atoms. The minimum absolute atomic E-state index is 0.178. The lowest BCUT2D eigenvalue weighted by molar-refractivity contribution is -0.145. The maximum Gasteiger partial charge on any atom is 0.459 e. The summed E-state index contributed by atoms with van der Waals surface area (Å²) in [6, 6.07) is 8.04. The summed E-state index contributed by atoms with van der Waals surface area (Å²) in [6.07, 6.45) is -1.35. The standard InChI is InChI=1S/C23H31FN3O9P/c1-3-4-12-33-22(30)15(2)26-37(32,36-16-8-6-5-7-9-16)34-14-18-17(13-24)20(29)21(35-18)27-11-10-19(28)25-23(27)31/h5-11,15,17-18,20-21,29H,3-4,12-14H2,1-2H3,(H,26,32)(H,25,28,31)/t15-,17+,18+,20+,21+,37+/m0/s1. The number of para-hydroxylation sites is 1. The van der Waals surface area contributed by atoms with Gasteiger partial charge in [-0.05, 0) is 25.5 Å². The van der Waals surface area contributed by atoms with Crippen LogP contribution in [0.15, 0.2) is 52.2 Å². The second kappa shape index (κ2) is 13.1. The van der Waals surface area contributed by atoms with Crippen molar-refractivity contribution in [1.82, 2.24) is 14.6 Å². The van der Waals surface area contributed by atoms with Crippen molar-refractivity contribution in [2.24, 2.45) is 5.92 Å². The van der Waals surface area contributed by atoms with Crippen LogP contribution in [-0.4, -0.2) is 58.8 Å². The molecule has 0 aliphatic carbocycles. The number of aliphatic hydroxyl groups is 1. The monoisotopic (exact) mass is 543 g/mol. The second-order valence-corrected chi connectivity index (χ2v) is 10.2. The zero-order valence-corrected chi connectivity index (χ0v) is 21.3. The molecule has 0 saturated carbocycles. The van der Waals surface area contributed by atoms with E-state index in [1.165, 1.54) is 19.1 Å². The molecule has 0 amide bonds. The number of carbonyl (C=O) groups is 1. The lowest BCUT2D eigenvalue weighted by Crippen LogP contribution is -2.37. The van der Waals surface area contributed by atoms with Crippen molar-refractivity contribution in [3.63, 3.8) is 0 Å². The van der Waals surface area contributed by atoms with Crippen LogP contribution in [0.2, 0.25) is 0 Å². The van der Waals surface area contributed by atoms with Crippen molar-refractivity contribution < 1.29 is 37.4 Å². The Labute approximate surface area is 212 Å². The fourth-order valence-corrected chi connectivity index (χ4v) is 5.12. The smallest absolute Gasteiger partial charge is 0.459 e. The fourth-order valence-electron chi connectivity index (χ4n) is 3.62. The fraction of sp³-hybridized carbons (Fsp3) is 0.522. The van der Waals surface area contributed by atoms with Crippen molar-refractivity contribution in [3.8, 4) is 5.75 Å². The van der Waals surface area contributed by atoms with Crippen LogP contribution in [-0.2, 0) is 23.4 Å². The number of carbonyl (C=O) groups excluding carboxylic acids is 1. The van der Waals surface area contributed by atoms with Gasteiger partial charge in [0, 0.05) is 18.2 Å². The van der Waals surface area contributed by atoms with Crippen LogP contribution in [0.1, 0.15) is 32.9 Å². The SMILES string of the molecule is CCCCOC(=O)[C@H](C)N[P@@](=O)(OC[C@H]1O[C@@H](n2ccc(=O)[nH]c2=O)[C@H](O)[C@@H]1CF)Oc1ccccc1. The van der Waals surface area contributed by atoms with Crippen molar-refractivity contribution in [2.45, 2.75) is 51.2 Å². The van der Waals surface area contributed by atoms with E-state index < -0.39 is 68.6 Å². The van der Waals surface area contributed by atoms with Gasteiger partial charge >= 0.3 is 19.4 Å². The van der Waals surface area contributed by atoms with Gasteiger partial charge in [0.25, 0.3) is 5.56 Å². The number of esters is 1. The number of H-pyrrole nitrogens is 1. The first-order valence-corrected chi connectivity index (χ1v) is 13.4. The molecule has 12 nitrogen and oxygen atoms in total. The number of aromatic amines is 1. The van der Waals surface area contributed by atoms with Gasteiger partial charge in [0.2, 0.25) is 0 Å². The first-order chi connectivity index (χ1) is 17.7. The molecule has 3 N–H and O–H groups in total. The van der Waals surface area contributed by atoms with Crippen LogP contribution < -0.4 is 20.9 Å². The average molecular weight is 543 g/mol. The maximum atomic E-state index is 13.9. The number of ether oxygens (including phenoxy) is 2. The van der Waals surface area contributed by atoms with Crippen LogP contribution in [0.3, 0.4) is 0 Å². The number of benzene rings is 1. The first kappa shape index (κ1) is 28.7. The third-order valence-electron chi connectivity index (χ3n) is 5.65. The summed E-state index contributed by atoms with van der Waals surface area (Å²) in [5, 5.41) is 13.1. The van der Waals surface area contributed by atoms with E-state index in [1.54, 1.807) is 18.2 Å². The van der Waals surface area contributed by atoms with Crippen LogP contribution in [0, 0.1) is 5.92 Å². The predicted molar refractivity (Wildman–Crippen MR) is 130 cm³/mol. The number of hydrogen-bond donors (Lipinski definition) is 3. The molecule has 6 atom stereocenters. The number of unbranched alkanes of at least 4 members (excludes halogenated alkanes) is 1. The summed E-state index contributed by atoms with van der Waals surface area (Å²) in [4.78, 5) is 37.9. The zero-order chi connectivity index (χ0) is 27.0. The lowest BCUT2D eigenvalue weighted by Gasteiger charge is -2.25. The highest BCUT2D eigenvalue weighted by molar-refractivity contribution is 7.52. The summed E-state index contributed by atoms with van der Waals surface area (Å²) in [5.74, 6) is -1.64. The third-order valence-corrected chi connectivity index (χ3v) is 7.29. The normalized spacial score (nSPS) is 23.8. The number of rotatable bonds is 13. The molecule has 0 radical (unpaired) electrons. The molecule has 1 aliphatic heterocycles. The Kier molecular flexibility index (Phi) is 10.2. The number of nitrogens with zero attached hydrogens (tertiary/aromatic N) is 1. The lowest BCUT2D eigenvalue weighted by atomic mass is 10.00. The Morgan fingerprint density at radius 3 is 2.68 bits per heavy atom. The van der Waals surface area contributed by atoms with E-state index in [9.17, 15) is 28.4 Å². The predicted octanol–water partition coefficient (Wildman–Crippen LogP) is 1.91. The number of aliphatic hydroxyl groups excluding tert-OH is 1. The molecular weight excluding hydrogens is 512 g/mol. The Hall–Kier alpha value is -2.83. The van der Waals surface area contributed by atoms with Crippen molar-refractivity contribution in [2.75, 3.05) is 19.9 Å². The number of hydrogen-bond acceptors (Lipinski definition) is 9. The summed E-state index contributed by atoms with van der Waals surface area (Å²) < 4.78 is 50.3. The van der Waals surface area contributed by atoms with E-state index in [0.29, 0.717) is 6.42 Å². The number of nitrogens with one attached hydrogen (secondary N) is 2. The largest absolute Gasteiger partial charge is 0.465 e. The highest BCUT2D eigenvalue weighted by atomic mass is 31.2. The van der Waals surface area contributed by atoms with E-state index in [0.717, 1.165) is 23.3 Å². The highest BCUT2D eigenvalue weighted by Gasteiger charge is 2.46. The quantitative estimate of drug-likeness (QED) is 0.194. The van der Waals surface area contributed by atoms with Crippen LogP contribution in [0.5, 0.6) is 5.75 Å². The molecule has 1 aliphatic rings. The topological polar surface area (TPSA) is 158 Å². The Morgan fingerprint density at radius 2 is 2.03 bits per heavy atom. The maximum absolute atomic E-state index is 13.9. The number of aromatic nitrogens is 2. The molecular formula is C23H31FN3O9P. The molecule has 2 aromatic rings. The van der Waals surface area contributed by atoms with Crippen molar-refractivity contribution in [3.05, 3.63) is 63.4 Å². The molecule has 2 heterocycles. The molecule has 1 aromatic carbocycles. The van der Waals surface area contributed by atoms with Gasteiger partial charge in [0.15, 0.2) is 6.23 Å². The van der Waals surface area contributed by atoms with Gasteiger partial charge in [-0.25, -0.2) is 9.36 Å². The molecule has 14 heteroatoms. The first-order valence-electron chi connectivity index (χ1n) is 11.8. The van der Waals surface area contributed by atoms with Crippen LogP contribution >= 0.6 is 7.75 Å². The second-order valence-electron chi connectivity index (χ2n) is 8.46. The molecule has 37 heavy (non-hydrogen) atoms. The molecule has 3 rings (SSSR count).